The van der Waals surface area contributed by atoms with Crippen molar-refractivity contribution in [1.29, 1.82) is 0 Å². The molecule has 5 heteroatoms. The maximum Gasteiger partial charge on any atom is 0.264 e. The molecule has 1 rings (SSSR count). The molecule has 1 nitrogen and oxygen atoms in total. The van der Waals surface area contributed by atoms with Crippen molar-refractivity contribution in [3.63, 3.8) is 0 Å². The van der Waals surface area contributed by atoms with Crippen LogP contribution in [-0.4, -0.2) is 17.0 Å². The molecule has 0 aromatic heterocycles. The summed E-state index contributed by atoms with van der Waals surface area (Å²) in [6.07, 6.45) is -0.871. The van der Waals surface area contributed by atoms with E-state index in [1.54, 1.807) is 0 Å². The number of carbonyl (C=O) groups excluding carboxylic acids is 1. The minimum Gasteiger partial charge on any atom is -0.294 e. The number of Topliss-reactive ketones (excluding diaryl/α,β-unsaturated/α-hetero) is 1. The lowest BCUT2D eigenvalue weighted by atomic mass is 10.1. The number of hydrogen-bond acceptors (Lipinski definition) is 1. The molecule has 0 heterocycles. The van der Waals surface area contributed by atoms with Crippen molar-refractivity contribution in [1.82, 2.24) is 0 Å². The summed E-state index contributed by atoms with van der Waals surface area (Å²) in [5.74, 6) is -4.26. The predicted molar refractivity (Wildman–Crippen MR) is 54.1 cm³/mol. The Morgan fingerprint density at radius 1 is 1.27 bits per heavy atom. The van der Waals surface area contributed by atoms with Crippen LogP contribution in [0.15, 0.2) is 24.3 Å². The largest absolute Gasteiger partial charge is 0.294 e. The topological polar surface area (TPSA) is 17.1 Å². The van der Waals surface area contributed by atoms with Crippen molar-refractivity contribution in [3.05, 3.63) is 35.6 Å². The zero-order chi connectivity index (χ0) is 11.5. The summed E-state index contributed by atoms with van der Waals surface area (Å²) in [6.45, 7) is 0. The lowest BCUT2D eigenvalue weighted by Gasteiger charge is -2.11. The van der Waals surface area contributed by atoms with Gasteiger partial charge in [0.2, 0.25) is 0 Å². The minimum atomic E-state index is -3.06. The van der Waals surface area contributed by atoms with E-state index in [4.69, 9.17) is 0 Å². The maximum atomic E-state index is 12.8. The summed E-state index contributed by atoms with van der Waals surface area (Å²) in [5.41, 5.74) is 0.0945. The van der Waals surface area contributed by atoms with Crippen LogP contribution >= 0.6 is 15.9 Å². The van der Waals surface area contributed by atoms with Gasteiger partial charge in [-0.1, -0.05) is 15.9 Å². The zero-order valence-electron chi connectivity index (χ0n) is 7.64. The molecule has 0 bridgehead atoms. The molecule has 0 unspecified atom stereocenters. The van der Waals surface area contributed by atoms with Crippen LogP contribution in [0.25, 0.3) is 0 Å². The SMILES string of the molecule is O=C(CC(F)(F)CBr)c1ccc(F)cc1. The smallest absolute Gasteiger partial charge is 0.264 e. The van der Waals surface area contributed by atoms with Crippen molar-refractivity contribution >= 4 is 21.7 Å². The molecular formula is C10H8BrF3O. The van der Waals surface area contributed by atoms with Crippen LogP contribution in [0.4, 0.5) is 13.2 Å². The lowest BCUT2D eigenvalue weighted by Crippen LogP contribution is -2.22. The first-order valence-electron chi connectivity index (χ1n) is 4.17. The van der Waals surface area contributed by atoms with Crippen molar-refractivity contribution in [2.75, 3.05) is 5.33 Å². The fourth-order valence-corrected chi connectivity index (χ4v) is 1.22. The quantitative estimate of drug-likeness (QED) is 0.610. The number of carbonyl (C=O) groups is 1. The average Bonchev–Trinajstić information content (AvgIpc) is 2.18. The lowest BCUT2D eigenvalue weighted by molar-refractivity contribution is 0.0212. The molecule has 0 fully saturated rings. The van der Waals surface area contributed by atoms with Crippen molar-refractivity contribution < 1.29 is 18.0 Å². The molecule has 0 aliphatic carbocycles. The van der Waals surface area contributed by atoms with E-state index in [1.807, 2.05) is 0 Å². The van der Waals surface area contributed by atoms with Gasteiger partial charge in [-0.2, -0.15) is 0 Å². The molecule has 15 heavy (non-hydrogen) atoms. The number of rotatable bonds is 4. The average molecular weight is 281 g/mol. The minimum absolute atomic E-state index is 0.0945. The van der Waals surface area contributed by atoms with E-state index < -0.39 is 29.3 Å². The third-order valence-corrected chi connectivity index (χ3v) is 2.60. The van der Waals surface area contributed by atoms with Crippen LogP contribution in [0.5, 0.6) is 0 Å². The second kappa shape index (κ2) is 4.79. The monoisotopic (exact) mass is 280 g/mol. The third kappa shape index (κ3) is 3.66. The second-order valence-electron chi connectivity index (χ2n) is 3.10. The fourth-order valence-electron chi connectivity index (χ4n) is 1.02. The highest BCUT2D eigenvalue weighted by Crippen LogP contribution is 2.23. The van der Waals surface area contributed by atoms with Gasteiger partial charge in [-0.05, 0) is 24.3 Å². The van der Waals surface area contributed by atoms with Gasteiger partial charge in [0.25, 0.3) is 5.92 Å². The molecule has 82 valence electrons. The van der Waals surface area contributed by atoms with E-state index >= 15 is 0 Å². The Labute approximate surface area is 93.4 Å². The molecule has 0 saturated carbocycles. The number of benzene rings is 1. The summed E-state index contributed by atoms with van der Waals surface area (Å²) >= 11 is 2.62. The molecule has 1 aromatic rings. The molecule has 1 aromatic carbocycles. The van der Waals surface area contributed by atoms with Crippen molar-refractivity contribution in [2.24, 2.45) is 0 Å². The third-order valence-electron chi connectivity index (χ3n) is 1.78. The van der Waals surface area contributed by atoms with Gasteiger partial charge < -0.3 is 0 Å². The van der Waals surface area contributed by atoms with E-state index in [-0.39, 0.29) is 5.56 Å². The Kier molecular flexibility index (Phi) is 3.90. The van der Waals surface area contributed by atoms with Gasteiger partial charge >= 0.3 is 0 Å². The van der Waals surface area contributed by atoms with Crippen LogP contribution in [-0.2, 0) is 0 Å². The maximum absolute atomic E-state index is 12.8. The molecule has 0 N–H and O–H groups in total. The highest BCUT2D eigenvalue weighted by atomic mass is 79.9. The van der Waals surface area contributed by atoms with E-state index in [2.05, 4.69) is 15.9 Å². The summed E-state index contributed by atoms with van der Waals surface area (Å²) in [5, 5.41) is -0.563. The van der Waals surface area contributed by atoms with Gasteiger partial charge in [0.1, 0.15) is 5.82 Å². The molecule has 0 amide bonds. The number of halogens is 4. The Morgan fingerprint density at radius 3 is 2.27 bits per heavy atom. The summed E-state index contributed by atoms with van der Waals surface area (Å²) in [6, 6.07) is 4.53. The molecule has 0 aliphatic rings. The molecule has 0 atom stereocenters. The van der Waals surface area contributed by atoms with Gasteiger partial charge in [-0.3, -0.25) is 4.79 Å². The Hall–Kier alpha value is -0.840. The molecule has 0 saturated heterocycles. The van der Waals surface area contributed by atoms with Crippen molar-refractivity contribution in [2.45, 2.75) is 12.3 Å². The Bertz CT molecular complexity index is 348. The zero-order valence-corrected chi connectivity index (χ0v) is 9.23. The van der Waals surface area contributed by atoms with Crippen LogP contribution in [0.3, 0.4) is 0 Å². The molecule has 0 aliphatic heterocycles. The highest BCUT2D eigenvalue weighted by molar-refractivity contribution is 9.09. The van der Waals surface area contributed by atoms with Crippen LogP contribution in [0.1, 0.15) is 16.8 Å². The van der Waals surface area contributed by atoms with Crippen LogP contribution < -0.4 is 0 Å². The summed E-state index contributed by atoms with van der Waals surface area (Å²) in [7, 11) is 0. The number of ketones is 1. The predicted octanol–water partition coefficient (Wildman–Crippen LogP) is 3.43. The first-order valence-corrected chi connectivity index (χ1v) is 5.29. The van der Waals surface area contributed by atoms with Gasteiger partial charge in [-0.25, -0.2) is 13.2 Å². The molecular weight excluding hydrogens is 273 g/mol. The molecule has 0 spiro atoms. The first-order chi connectivity index (χ1) is 6.94. The highest BCUT2D eigenvalue weighted by Gasteiger charge is 2.31. The van der Waals surface area contributed by atoms with Crippen LogP contribution in [0.2, 0.25) is 0 Å². The fraction of sp³-hybridized carbons (Fsp3) is 0.300. The number of hydrogen-bond donors (Lipinski definition) is 0. The van der Waals surface area contributed by atoms with E-state index in [9.17, 15) is 18.0 Å². The number of alkyl halides is 3. The van der Waals surface area contributed by atoms with Gasteiger partial charge in [0.05, 0.1) is 11.8 Å². The molecule has 0 radical (unpaired) electrons. The standard InChI is InChI=1S/C10H8BrF3O/c11-6-10(13,14)5-9(15)7-1-3-8(12)4-2-7/h1-4H,5-6H2. The second-order valence-corrected chi connectivity index (χ2v) is 3.66. The van der Waals surface area contributed by atoms with E-state index in [0.717, 1.165) is 12.1 Å². The van der Waals surface area contributed by atoms with Gasteiger partial charge in [-0.15, -0.1) is 0 Å². The van der Waals surface area contributed by atoms with Crippen LogP contribution in [0, 0.1) is 5.82 Å². The van der Waals surface area contributed by atoms with Gasteiger partial charge in [0, 0.05) is 5.56 Å². The van der Waals surface area contributed by atoms with E-state index in [0.29, 0.717) is 0 Å². The Morgan fingerprint density at radius 2 is 1.80 bits per heavy atom. The summed E-state index contributed by atoms with van der Waals surface area (Å²) < 4.78 is 38.1. The van der Waals surface area contributed by atoms with E-state index in [1.165, 1.54) is 12.1 Å². The van der Waals surface area contributed by atoms with Crippen molar-refractivity contribution in [3.8, 4) is 0 Å². The summed E-state index contributed by atoms with van der Waals surface area (Å²) in [4.78, 5) is 11.3. The normalized spacial score (nSPS) is 11.5. The first kappa shape index (κ1) is 12.2. The Balaban J connectivity index is 2.74. The van der Waals surface area contributed by atoms with Gasteiger partial charge in [0.15, 0.2) is 5.78 Å².